The van der Waals surface area contributed by atoms with Crippen molar-refractivity contribution < 1.29 is 0 Å². The van der Waals surface area contributed by atoms with Gasteiger partial charge in [0, 0.05) is 13.1 Å². The zero-order valence-corrected chi connectivity index (χ0v) is 9.15. The van der Waals surface area contributed by atoms with Gasteiger partial charge < -0.3 is 0 Å². The van der Waals surface area contributed by atoms with E-state index in [-0.39, 0.29) is 12.3 Å². The highest BCUT2D eigenvalue weighted by atomic mass is 15.2. The summed E-state index contributed by atoms with van der Waals surface area (Å²) in [4.78, 5) is 0. The maximum absolute atomic E-state index is 4.43. The van der Waals surface area contributed by atoms with Gasteiger partial charge in [-0.25, -0.2) is 0 Å². The highest BCUT2D eigenvalue weighted by Crippen LogP contribution is 1.89. The third-order valence-electron chi connectivity index (χ3n) is 1.71. The fraction of sp³-hybridized carbons (Fsp3) is 0.333. The molecule has 3 nitrogen and oxygen atoms in total. The smallest absolute Gasteiger partial charge is 0.0946 e. The Hall–Kier alpha value is -1.16. The molecule has 3 heteroatoms. The summed E-state index contributed by atoms with van der Waals surface area (Å²) in [6.45, 7) is 16.1. The number of nitrogens with one attached hydrogen (secondary N) is 2. The lowest BCUT2D eigenvalue weighted by Gasteiger charge is -2.20. The van der Waals surface area contributed by atoms with E-state index >= 15 is 0 Å². The maximum Gasteiger partial charge on any atom is 0.0946 e. The molecule has 0 aromatic heterocycles. The SMILES string of the molecule is C=CCNC(C=C)[N]C(C=C)NCC=C. The molecular formula is C12H20N3. The van der Waals surface area contributed by atoms with Crippen molar-refractivity contribution in [1.29, 1.82) is 0 Å². The third kappa shape index (κ3) is 6.85. The number of nitrogens with zero attached hydrogens (tertiary/aromatic N) is 1. The zero-order chi connectivity index (χ0) is 11.5. The highest BCUT2D eigenvalue weighted by molar-refractivity contribution is 4.93. The third-order valence-corrected chi connectivity index (χ3v) is 1.71. The molecule has 0 saturated carbocycles. The van der Waals surface area contributed by atoms with Gasteiger partial charge >= 0.3 is 0 Å². The van der Waals surface area contributed by atoms with Crippen molar-refractivity contribution in [2.75, 3.05) is 13.1 Å². The zero-order valence-electron chi connectivity index (χ0n) is 9.15. The molecule has 83 valence electrons. The molecule has 2 unspecified atom stereocenters. The molecule has 0 aromatic carbocycles. The van der Waals surface area contributed by atoms with E-state index in [2.05, 4.69) is 42.3 Å². The molecule has 2 atom stereocenters. The summed E-state index contributed by atoms with van der Waals surface area (Å²) < 4.78 is 0. The maximum atomic E-state index is 4.43. The predicted octanol–water partition coefficient (Wildman–Crippen LogP) is 1.17. The molecule has 1 radical (unpaired) electrons. The van der Waals surface area contributed by atoms with Crippen LogP contribution >= 0.6 is 0 Å². The van der Waals surface area contributed by atoms with Gasteiger partial charge in [0.25, 0.3) is 0 Å². The Morgan fingerprint density at radius 1 is 0.867 bits per heavy atom. The highest BCUT2D eigenvalue weighted by Gasteiger charge is 2.09. The topological polar surface area (TPSA) is 38.2 Å². The van der Waals surface area contributed by atoms with Crippen molar-refractivity contribution in [3.05, 3.63) is 50.6 Å². The lowest BCUT2D eigenvalue weighted by molar-refractivity contribution is 0.423. The van der Waals surface area contributed by atoms with Crippen LogP contribution in [0.2, 0.25) is 0 Å². The molecule has 0 aromatic rings. The van der Waals surface area contributed by atoms with Crippen LogP contribution in [0.5, 0.6) is 0 Å². The van der Waals surface area contributed by atoms with Crippen LogP contribution in [0.4, 0.5) is 0 Å². The van der Waals surface area contributed by atoms with Gasteiger partial charge in [0.05, 0.1) is 12.3 Å². The van der Waals surface area contributed by atoms with E-state index in [0.717, 1.165) is 0 Å². The largest absolute Gasteiger partial charge is 0.294 e. The van der Waals surface area contributed by atoms with Gasteiger partial charge in [0.15, 0.2) is 0 Å². The number of rotatable bonds is 10. The van der Waals surface area contributed by atoms with Gasteiger partial charge in [-0.2, -0.15) is 5.32 Å². The van der Waals surface area contributed by atoms with Crippen LogP contribution < -0.4 is 16.0 Å². The van der Waals surface area contributed by atoms with Gasteiger partial charge in [0.2, 0.25) is 0 Å². The normalized spacial score (nSPS) is 13.9. The second-order valence-electron chi connectivity index (χ2n) is 2.90. The van der Waals surface area contributed by atoms with Crippen molar-refractivity contribution in [2.45, 2.75) is 12.3 Å². The minimum absolute atomic E-state index is 0.0942. The standard InChI is InChI=1S/C12H20N3/c1-5-9-13-11(7-3)15-12(8-4)14-10-6-2/h5-8,11-14H,1-4,9-10H2. The van der Waals surface area contributed by atoms with Crippen LogP contribution in [-0.4, -0.2) is 25.4 Å². The molecule has 2 N–H and O–H groups in total. The minimum atomic E-state index is -0.0942. The van der Waals surface area contributed by atoms with Crippen LogP contribution in [-0.2, 0) is 0 Å². The Kier molecular flexibility index (Phi) is 8.67. The molecule has 0 amide bonds. The summed E-state index contributed by atoms with van der Waals surface area (Å²) in [6, 6.07) is 0. The lowest BCUT2D eigenvalue weighted by atomic mass is 10.3. The van der Waals surface area contributed by atoms with E-state index in [1.165, 1.54) is 0 Å². The van der Waals surface area contributed by atoms with E-state index in [9.17, 15) is 0 Å². The Morgan fingerprint density at radius 2 is 1.27 bits per heavy atom. The van der Waals surface area contributed by atoms with E-state index in [1.54, 1.807) is 24.3 Å². The molecule has 15 heavy (non-hydrogen) atoms. The molecule has 0 heterocycles. The molecule has 0 rings (SSSR count). The molecule has 0 fully saturated rings. The molecule has 0 aliphatic rings. The van der Waals surface area contributed by atoms with Gasteiger partial charge in [0.1, 0.15) is 0 Å². The number of hydrogen-bond donors (Lipinski definition) is 2. The second kappa shape index (κ2) is 9.40. The van der Waals surface area contributed by atoms with Gasteiger partial charge in [-0.05, 0) is 0 Å². The fourth-order valence-corrected chi connectivity index (χ4v) is 0.975. The first-order chi connectivity index (χ1) is 7.28. The lowest BCUT2D eigenvalue weighted by Crippen LogP contribution is -2.46. The van der Waals surface area contributed by atoms with Crippen LogP contribution in [0, 0.1) is 0 Å². The summed E-state index contributed by atoms with van der Waals surface area (Å²) >= 11 is 0. The monoisotopic (exact) mass is 206 g/mol. The van der Waals surface area contributed by atoms with E-state index in [1.807, 2.05) is 0 Å². The van der Waals surface area contributed by atoms with E-state index < -0.39 is 0 Å². The second-order valence-corrected chi connectivity index (χ2v) is 2.90. The Morgan fingerprint density at radius 3 is 1.53 bits per heavy atom. The van der Waals surface area contributed by atoms with Gasteiger partial charge in [-0.15, -0.1) is 26.3 Å². The number of hydrogen-bond acceptors (Lipinski definition) is 2. The summed E-state index contributed by atoms with van der Waals surface area (Å²) in [7, 11) is 0. The summed E-state index contributed by atoms with van der Waals surface area (Å²) in [5.74, 6) is 0. The quantitative estimate of drug-likeness (QED) is 0.527. The van der Waals surface area contributed by atoms with Gasteiger partial charge in [-0.1, -0.05) is 24.3 Å². The fourth-order valence-electron chi connectivity index (χ4n) is 0.975. The summed E-state index contributed by atoms with van der Waals surface area (Å²) in [5, 5.41) is 10.7. The average molecular weight is 206 g/mol. The van der Waals surface area contributed by atoms with Crippen LogP contribution in [0.1, 0.15) is 0 Å². The molecule has 0 spiro atoms. The van der Waals surface area contributed by atoms with Crippen molar-refractivity contribution in [3.8, 4) is 0 Å². The molecule has 0 saturated heterocycles. The predicted molar refractivity (Wildman–Crippen MR) is 66.5 cm³/mol. The van der Waals surface area contributed by atoms with Crippen LogP contribution in [0.25, 0.3) is 0 Å². The molecule has 0 aliphatic carbocycles. The molecular weight excluding hydrogens is 186 g/mol. The molecule has 0 aliphatic heterocycles. The summed E-state index contributed by atoms with van der Waals surface area (Å²) in [6.07, 6.45) is 6.87. The first kappa shape index (κ1) is 13.8. The van der Waals surface area contributed by atoms with Crippen LogP contribution in [0.3, 0.4) is 0 Å². The van der Waals surface area contributed by atoms with E-state index in [0.29, 0.717) is 13.1 Å². The average Bonchev–Trinajstić information content (AvgIpc) is 2.28. The Balaban J connectivity index is 3.98. The first-order valence-electron chi connectivity index (χ1n) is 4.92. The van der Waals surface area contributed by atoms with Gasteiger partial charge in [-0.3, -0.25) is 10.6 Å². The van der Waals surface area contributed by atoms with Crippen molar-refractivity contribution in [3.63, 3.8) is 0 Å². The Labute approximate surface area is 92.6 Å². The van der Waals surface area contributed by atoms with Crippen molar-refractivity contribution >= 4 is 0 Å². The van der Waals surface area contributed by atoms with Crippen molar-refractivity contribution in [2.24, 2.45) is 0 Å². The summed E-state index contributed by atoms with van der Waals surface area (Å²) in [5.41, 5.74) is 0. The van der Waals surface area contributed by atoms with Crippen molar-refractivity contribution in [1.82, 2.24) is 16.0 Å². The van der Waals surface area contributed by atoms with E-state index in [4.69, 9.17) is 0 Å². The first-order valence-corrected chi connectivity index (χ1v) is 4.92. The Bertz CT molecular complexity index is 189. The van der Waals surface area contributed by atoms with Crippen LogP contribution in [0.15, 0.2) is 50.6 Å². The molecule has 0 bridgehead atoms. The minimum Gasteiger partial charge on any atom is -0.294 e.